The lowest BCUT2D eigenvalue weighted by atomic mass is 9.79. The van der Waals surface area contributed by atoms with Crippen molar-refractivity contribution in [2.75, 3.05) is 6.54 Å². The third kappa shape index (κ3) is 5.31. The van der Waals surface area contributed by atoms with Crippen molar-refractivity contribution in [3.8, 4) is 28.5 Å². The van der Waals surface area contributed by atoms with Crippen molar-refractivity contribution < 1.29 is 13.9 Å². The maximum Gasteiger partial charge on any atom is 0.269 e. The topological polar surface area (TPSA) is 122 Å². The fourth-order valence-corrected chi connectivity index (χ4v) is 8.71. The smallest absolute Gasteiger partial charge is 0.269 e. The number of benzene rings is 3. The molecule has 54 heavy (non-hydrogen) atoms. The second-order valence-corrected chi connectivity index (χ2v) is 15.1. The van der Waals surface area contributed by atoms with Crippen LogP contribution in [0.25, 0.3) is 55.0 Å². The molecule has 0 radical (unpaired) electrons. The molecule has 1 aliphatic carbocycles. The van der Waals surface area contributed by atoms with Gasteiger partial charge in [0.15, 0.2) is 5.82 Å². The molecule has 1 unspecified atom stereocenters. The minimum absolute atomic E-state index is 0.0398. The number of aryl methyl sites for hydroxylation is 1. The van der Waals surface area contributed by atoms with Crippen molar-refractivity contribution in [3.05, 3.63) is 124 Å². The monoisotopic (exact) mass is 721 g/mol. The van der Waals surface area contributed by atoms with Crippen molar-refractivity contribution in [1.29, 1.82) is 5.26 Å². The Labute approximate surface area is 309 Å². The fraction of sp³-hybridized carbons (Fsp3) is 0.279. The van der Waals surface area contributed by atoms with E-state index in [1.54, 1.807) is 55.2 Å². The summed E-state index contributed by atoms with van der Waals surface area (Å²) in [5.41, 5.74) is 3.38. The van der Waals surface area contributed by atoms with Gasteiger partial charge in [0.05, 0.1) is 41.3 Å². The zero-order valence-electron chi connectivity index (χ0n) is 30.0. The van der Waals surface area contributed by atoms with Crippen LogP contribution in [0.15, 0.2) is 90.2 Å². The SMILES string of the molecule is CC(c1cc2c(-c3ccc(C(C)(C)O)nc3)nc3c(F)c(-c4cccc5ccc(F)cc45)c(CCC#N)cc3c2n1[C@H]1[C@H]2CN[C@@H]1C2)n1ccncc1=O. The Hall–Kier alpha value is -5.83. The molecular formula is C43H37F2N7O2. The molecule has 3 fully saturated rings. The number of nitriles is 1. The van der Waals surface area contributed by atoms with Crippen LogP contribution in [0.5, 0.6) is 0 Å². The largest absolute Gasteiger partial charge is 0.384 e. The molecule has 6 heterocycles. The van der Waals surface area contributed by atoms with Gasteiger partial charge < -0.3 is 19.6 Å². The zero-order chi connectivity index (χ0) is 37.5. The van der Waals surface area contributed by atoms with Gasteiger partial charge in [-0.3, -0.25) is 14.8 Å². The molecule has 4 atom stereocenters. The summed E-state index contributed by atoms with van der Waals surface area (Å²) in [5.74, 6) is -0.669. The third-order valence-corrected chi connectivity index (χ3v) is 11.4. The van der Waals surface area contributed by atoms with E-state index in [-0.39, 0.29) is 41.6 Å². The van der Waals surface area contributed by atoms with Crippen LogP contribution in [-0.4, -0.2) is 41.8 Å². The Morgan fingerprint density at radius 3 is 2.63 bits per heavy atom. The van der Waals surface area contributed by atoms with Gasteiger partial charge in [0.25, 0.3) is 5.56 Å². The summed E-state index contributed by atoms with van der Waals surface area (Å²) in [6.07, 6.45) is 7.64. The first-order valence-electron chi connectivity index (χ1n) is 18.2. The molecule has 2 saturated heterocycles. The number of aliphatic hydroxyl groups is 1. The van der Waals surface area contributed by atoms with E-state index in [1.807, 2.05) is 31.2 Å². The molecule has 3 aliphatic rings. The quantitative estimate of drug-likeness (QED) is 0.165. The first kappa shape index (κ1) is 34.0. The summed E-state index contributed by atoms with van der Waals surface area (Å²) in [6.45, 7) is 6.15. The van der Waals surface area contributed by atoms with Gasteiger partial charge in [0.2, 0.25) is 0 Å². The minimum Gasteiger partial charge on any atom is -0.384 e. The van der Waals surface area contributed by atoms with E-state index < -0.39 is 23.3 Å². The Kier molecular flexibility index (Phi) is 7.96. The molecule has 7 aromatic rings. The molecule has 2 N–H and O–H groups in total. The molecule has 11 heteroatoms. The molecule has 3 aromatic carbocycles. The summed E-state index contributed by atoms with van der Waals surface area (Å²) in [7, 11) is 0. The number of halogens is 2. The van der Waals surface area contributed by atoms with Gasteiger partial charge in [-0.05, 0) is 97.8 Å². The molecule has 270 valence electrons. The summed E-state index contributed by atoms with van der Waals surface area (Å²) >= 11 is 0. The van der Waals surface area contributed by atoms with Crippen molar-refractivity contribution in [3.63, 3.8) is 0 Å². The van der Waals surface area contributed by atoms with E-state index >= 15 is 4.39 Å². The second kappa shape index (κ2) is 12.6. The third-order valence-electron chi connectivity index (χ3n) is 11.4. The highest BCUT2D eigenvalue weighted by molar-refractivity contribution is 6.12. The average Bonchev–Trinajstić information content (AvgIpc) is 3.90. The Morgan fingerprint density at radius 1 is 1.07 bits per heavy atom. The Balaban J connectivity index is 1.42. The molecule has 0 spiro atoms. The summed E-state index contributed by atoms with van der Waals surface area (Å²) in [6, 6.07) is 19.6. The molecule has 4 aromatic heterocycles. The first-order chi connectivity index (χ1) is 26.0. The number of pyridine rings is 2. The van der Waals surface area contributed by atoms with Gasteiger partial charge >= 0.3 is 0 Å². The summed E-state index contributed by atoms with van der Waals surface area (Å²) < 4.78 is 36.5. The van der Waals surface area contributed by atoms with Crippen molar-refractivity contribution in [2.45, 2.75) is 63.8 Å². The van der Waals surface area contributed by atoms with Crippen molar-refractivity contribution in [1.82, 2.24) is 29.4 Å². The van der Waals surface area contributed by atoms with E-state index in [4.69, 9.17) is 4.98 Å². The van der Waals surface area contributed by atoms with Crippen LogP contribution in [0.4, 0.5) is 8.78 Å². The van der Waals surface area contributed by atoms with E-state index in [0.717, 1.165) is 34.9 Å². The maximum absolute atomic E-state index is 17.8. The van der Waals surface area contributed by atoms with Crippen LogP contribution in [0.2, 0.25) is 0 Å². The molecule has 10 rings (SSSR count). The molecule has 2 aliphatic heterocycles. The Bertz CT molecular complexity index is 2730. The summed E-state index contributed by atoms with van der Waals surface area (Å²) in [5, 5.41) is 26.7. The van der Waals surface area contributed by atoms with E-state index in [9.17, 15) is 19.6 Å². The first-order valence-corrected chi connectivity index (χ1v) is 18.2. The molecule has 9 nitrogen and oxygen atoms in total. The van der Waals surface area contributed by atoms with E-state index in [1.165, 1.54) is 18.3 Å². The van der Waals surface area contributed by atoms with Gasteiger partial charge in [-0.2, -0.15) is 5.26 Å². The fourth-order valence-electron chi connectivity index (χ4n) is 8.71. The van der Waals surface area contributed by atoms with Crippen LogP contribution in [0.3, 0.4) is 0 Å². The number of nitrogens with one attached hydrogen (secondary N) is 1. The van der Waals surface area contributed by atoms with Crippen LogP contribution in [0.1, 0.15) is 62.6 Å². The molecule has 0 amide bonds. The van der Waals surface area contributed by atoms with Gasteiger partial charge in [0, 0.05) is 65.2 Å². The average molecular weight is 722 g/mol. The number of fused-ring (bicyclic) bond motifs is 5. The lowest BCUT2D eigenvalue weighted by Gasteiger charge is -2.38. The summed E-state index contributed by atoms with van der Waals surface area (Å²) in [4.78, 5) is 26.9. The van der Waals surface area contributed by atoms with Crippen molar-refractivity contribution in [2.24, 2.45) is 5.92 Å². The van der Waals surface area contributed by atoms with Gasteiger partial charge in [0.1, 0.15) is 16.9 Å². The van der Waals surface area contributed by atoms with Crippen LogP contribution < -0.4 is 10.9 Å². The van der Waals surface area contributed by atoms with Crippen LogP contribution in [0, 0.1) is 28.9 Å². The molecular weight excluding hydrogens is 685 g/mol. The van der Waals surface area contributed by atoms with Gasteiger partial charge in [-0.25, -0.2) is 13.8 Å². The molecule has 2 bridgehead atoms. The standard InChI is InChI=1S/C43H37F2N7O2/c1-23(51-15-14-47-22-36(51)53)34-19-32-39(26-10-12-35(49-20-26)43(2,3)54)50-40-31(42(32)52(34)41-27-17-33(41)48-21-27)16-25(7-5-13-46)37(38(40)45)29-8-4-6-24-9-11-28(44)18-30(24)29/h4,6,8-12,14-16,18-20,22-23,27,33,41,48,54H,5,7,17,21H2,1-3H3/t23?,27-,33-,41+/m1/s1. The predicted molar refractivity (Wildman–Crippen MR) is 204 cm³/mol. The van der Waals surface area contributed by atoms with Crippen molar-refractivity contribution >= 4 is 32.6 Å². The van der Waals surface area contributed by atoms with E-state index in [0.29, 0.717) is 44.8 Å². The normalized spacial score (nSPS) is 18.6. The number of rotatable bonds is 8. The predicted octanol–water partition coefficient (Wildman–Crippen LogP) is 7.73. The zero-order valence-corrected chi connectivity index (χ0v) is 30.0. The van der Waals surface area contributed by atoms with Gasteiger partial charge in [-0.15, -0.1) is 0 Å². The van der Waals surface area contributed by atoms with Crippen LogP contribution >= 0.6 is 0 Å². The van der Waals surface area contributed by atoms with Crippen LogP contribution in [-0.2, 0) is 12.0 Å². The Morgan fingerprint density at radius 2 is 1.93 bits per heavy atom. The molecule has 1 saturated carbocycles. The highest BCUT2D eigenvalue weighted by atomic mass is 19.1. The minimum atomic E-state index is -1.18. The number of aromatic nitrogens is 5. The number of nitrogens with zero attached hydrogens (tertiary/aromatic N) is 6. The highest BCUT2D eigenvalue weighted by Crippen LogP contribution is 2.50. The maximum atomic E-state index is 17.8. The second-order valence-electron chi connectivity index (χ2n) is 15.1. The van der Waals surface area contributed by atoms with E-state index in [2.05, 4.69) is 32.0 Å². The van der Waals surface area contributed by atoms with Gasteiger partial charge in [-0.1, -0.05) is 24.3 Å². The number of hydrogen-bond acceptors (Lipinski definition) is 7. The number of hydrogen-bond donors (Lipinski definition) is 2. The lowest BCUT2D eigenvalue weighted by molar-refractivity contribution is 0.0739. The highest BCUT2D eigenvalue weighted by Gasteiger charge is 2.49. The lowest BCUT2D eigenvalue weighted by Crippen LogP contribution is -2.40.